The van der Waals surface area contributed by atoms with E-state index >= 15 is 0 Å². The maximum atomic E-state index is 14.5. The van der Waals surface area contributed by atoms with Crippen molar-refractivity contribution >= 4 is 5.69 Å². The first-order valence-corrected chi connectivity index (χ1v) is 9.14. The van der Waals surface area contributed by atoms with Crippen LogP contribution in [-0.2, 0) is 12.0 Å². The van der Waals surface area contributed by atoms with Crippen molar-refractivity contribution in [2.24, 2.45) is 0 Å². The number of tetrazole rings is 1. The van der Waals surface area contributed by atoms with Gasteiger partial charge in [0.15, 0.2) is 5.82 Å². The van der Waals surface area contributed by atoms with Gasteiger partial charge >= 0.3 is 6.43 Å². The summed E-state index contributed by atoms with van der Waals surface area (Å²) in [7, 11) is 0. The van der Waals surface area contributed by atoms with Crippen molar-refractivity contribution < 1.29 is 17.6 Å². The van der Waals surface area contributed by atoms with Crippen molar-refractivity contribution in [3.05, 3.63) is 65.3 Å². The maximum absolute atomic E-state index is 14.5. The van der Waals surface area contributed by atoms with Gasteiger partial charge in [0.2, 0.25) is 0 Å². The van der Waals surface area contributed by atoms with Crippen LogP contribution in [0.15, 0.2) is 40.9 Å². The van der Waals surface area contributed by atoms with E-state index in [1.807, 2.05) is 13.8 Å². The molecule has 0 aliphatic rings. The van der Waals surface area contributed by atoms with Gasteiger partial charge in [-0.2, -0.15) is 13.6 Å². The van der Waals surface area contributed by atoms with Gasteiger partial charge in [0.1, 0.15) is 5.82 Å². The zero-order chi connectivity index (χ0) is 22.2. The molecular weight excluding hydrogens is 413 g/mol. The van der Waals surface area contributed by atoms with Crippen LogP contribution in [0.4, 0.5) is 18.9 Å². The summed E-state index contributed by atoms with van der Waals surface area (Å²) < 4.78 is 44.5. The van der Waals surface area contributed by atoms with Crippen LogP contribution in [0.2, 0.25) is 0 Å². The SMILES string of the molecule is CC(C)(c1cc(N)ccn1)c1nnn(Cc2ccc(-c3nnc(C(F)F)o3)c(F)c2)n1. The fraction of sp³-hybridized carbons (Fsp3) is 0.263. The van der Waals surface area contributed by atoms with Gasteiger partial charge in [-0.25, -0.2) is 4.39 Å². The molecule has 3 heterocycles. The summed E-state index contributed by atoms with van der Waals surface area (Å²) in [5.41, 5.74) is 6.89. The predicted molar refractivity (Wildman–Crippen MR) is 102 cm³/mol. The van der Waals surface area contributed by atoms with Crippen LogP contribution in [0.5, 0.6) is 0 Å². The maximum Gasteiger partial charge on any atom is 0.314 e. The molecule has 4 rings (SSSR count). The number of rotatable bonds is 6. The summed E-state index contributed by atoms with van der Waals surface area (Å²) in [6.45, 7) is 3.92. The van der Waals surface area contributed by atoms with Crippen LogP contribution in [0, 0.1) is 5.82 Å². The molecule has 2 N–H and O–H groups in total. The topological polar surface area (TPSA) is 121 Å². The molecule has 0 aliphatic carbocycles. The third-order valence-electron chi connectivity index (χ3n) is 4.65. The molecule has 0 aliphatic heterocycles. The van der Waals surface area contributed by atoms with Crippen LogP contribution >= 0.6 is 0 Å². The molecule has 9 nitrogen and oxygen atoms in total. The molecule has 12 heteroatoms. The Morgan fingerprint density at radius 2 is 1.94 bits per heavy atom. The molecule has 160 valence electrons. The number of alkyl halides is 2. The van der Waals surface area contributed by atoms with Crippen molar-refractivity contribution in [1.82, 2.24) is 35.4 Å². The quantitative estimate of drug-likeness (QED) is 0.495. The molecule has 0 bridgehead atoms. The normalized spacial score (nSPS) is 11.9. The molecule has 0 atom stereocenters. The molecule has 0 amide bonds. The number of nitrogens with zero attached hydrogens (tertiary/aromatic N) is 7. The number of aromatic nitrogens is 7. The number of benzene rings is 1. The number of pyridine rings is 1. The molecule has 0 unspecified atom stereocenters. The molecule has 4 aromatic rings. The molecule has 0 saturated carbocycles. The summed E-state index contributed by atoms with van der Waals surface area (Å²) in [6.07, 6.45) is -1.32. The second kappa shape index (κ2) is 7.78. The largest absolute Gasteiger partial charge is 0.415 e. The summed E-state index contributed by atoms with van der Waals surface area (Å²) in [4.78, 5) is 5.65. The lowest BCUT2D eigenvalue weighted by Gasteiger charge is -2.19. The second-order valence-corrected chi connectivity index (χ2v) is 7.30. The summed E-state index contributed by atoms with van der Waals surface area (Å²) in [5, 5.41) is 19.2. The van der Waals surface area contributed by atoms with E-state index in [9.17, 15) is 13.2 Å². The molecule has 1 aromatic carbocycles. The minimum atomic E-state index is -2.93. The Morgan fingerprint density at radius 1 is 1.13 bits per heavy atom. The Kier molecular flexibility index (Phi) is 5.13. The minimum Gasteiger partial charge on any atom is -0.415 e. The highest BCUT2D eigenvalue weighted by Gasteiger charge is 2.30. The van der Waals surface area contributed by atoms with Crippen molar-refractivity contribution in [2.75, 3.05) is 5.73 Å². The second-order valence-electron chi connectivity index (χ2n) is 7.30. The number of nitrogens with two attached hydrogens (primary N) is 1. The fourth-order valence-corrected chi connectivity index (χ4v) is 2.89. The van der Waals surface area contributed by atoms with E-state index in [4.69, 9.17) is 10.2 Å². The lowest BCUT2D eigenvalue weighted by Crippen LogP contribution is -2.23. The highest BCUT2D eigenvalue weighted by Crippen LogP contribution is 2.28. The van der Waals surface area contributed by atoms with E-state index in [2.05, 4.69) is 30.6 Å². The molecule has 3 aromatic heterocycles. The monoisotopic (exact) mass is 430 g/mol. The van der Waals surface area contributed by atoms with Crippen molar-refractivity contribution in [3.63, 3.8) is 0 Å². The smallest absolute Gasteiger partial charge is 0.314 e. The first-order chi connectivity index (χ1) is 14.7. The van der Waals surface area contributed by atoms with Crippen molar-refractivity contribution in [1.29, 1.82) is 0 Å². The van der Waals surface area contributed by atoms with Crippen LogP contribution in [-0.4, -0.2) is 35.4 Å². The van der Waals surface area contributed by atoms with Gasteiger partial charge in [0.05, 0.1) is 23.2 Å². The van der Waals surface area contributed by atoms with E-state index in [1.165, 1.54) is 16.9 Å². The van der Waals surface area contributed by atoms with Crippen molar-refractivity contribution in [2.45, 2.75) is 32.2 Å². The number of nitrogen functional groups attached to an aromatic ring is 1. The first kappa shape index (κ1) is 20.4. The predicted octanol–water partition coefficient (Wildman–Crippen LogP) is 3.15. The van der Waals surface area contributed by atoms with E-state index < -0.39 is 23.5 Å². The lowest BCUT2D eigenvalue weighted by molar-refractivity contribution is 0.116. The van der Waals surface area contributed by atoms with E-state index in [0.717, 1.165) is 0 Å². The molecule has 0 saturated heterocycles. The lowest BCUT2D eigenvalue weighted by atomic mass is 9.88. The van der Waals surface area contributed by atoms with Crippen LogP contribution in [0.1, 0.15) is 43.2 Å². The fourth-order valence-electron chi connectivity index (χ4n) is 2.89. The van der Waals surface area contributed by atoms with Gasteiger partial charge in [0.25, 0.3) is 11.8 Å². The van der Waals surface area contributed by atoms with Gasteiger partial charge in [-0.15, -0.1) is 20.4 Å². The van der Waals surface area contributed by atoms with Gasteiger partial charge in [-0.05, 0) is 48.9 Å². The zero-order valence-electron chi connectivity index (χ0n) is 16.5. The third-order valence-corrected chi connectivity index (χ3v) is 4.65. The van der Waals surface area contributed by atoms with Crippen LogP contribution < -0.4 is 5.73 Å². The number of anilines is 1. The third kappa shape index (κ3) is 4.09. The average molecular weight is 430 g/mol. The Hall–Kier alpha value is -3.83. The van der Waals surface area contributed by atoms with Gasteiger partial charge in [-0.3, -0.25) is 4.98 Å². The van der Waals surface area contributed by atoms with E-state index in [0.29, 0.717) is 22.8 Å². The summed E-state index contributed by atoms with van der Waals surface area (Å²) in [6, 6.07) is 7.59. The number of hydrogen-bond acceptors (Lipinski definition) is 8. The van der Waals surface area contributed by atoms with E-state index in [1.54, 1.807) is 24.4 Å². The summed E-state index contributed by atoms with van der Waals surface area (Å²) in [5.74, 6) is -1.47. The first-order valence-electron chi connectivity index (χ1n) is 9.14. The zero-order valence-corrected chi connectivity index (χ0v) is 16.5. The van der Waals surface area contributed by atoms with Gasteiger partial charge in [-0.1, -0.05) is 6.07 Å². The highest BCUT2D eigenvalue weighted by molar-refractivity contribution is 5.54. The highest BCUT2D eigenvalue weighted by atomic mass is 19.3. The average Bonchev–Trinajstić information content (AvgIpc) is 3.38. The molecule has 0 fully saturated rings. The van der Waals surface area contributed by atoms with Gasteiger partial charge in [0, 0.05) is 11.9 Å². The number of halogens is 3. The standard InChI is InChI=1S/C19H17F3N8O/c1-19(2,14-8-11(23)5-6-24-14)18-27-29-30(28-18)9-10-3-4-12(13(20)7-10)16-25-26-17(31-16)15(21)22/h3-8,15H,9H2,1-2H3,(H2,23,24). The van der Waals surface area contributed by atoms with Crippen LogP contribution in [0.3, 0.4) is 0 Å². The molecular formula is C19H17F3N8O. The van der Waals surface area contributed by atoms with Crippen LogP contribution in [0.25, 0.3) is 11.5 Å². The molecule has 0 spiro atoms. The van der Waals surface area contributed by atoms with Gasteiger partial charge < -0.3 is 10.2 Å². The summed E-state index contributed by atoms with van der Waals surface area (Å²) >= 11 is 0. The van der Waals surface area contributed by atoms with Crippen molar-refractivity contribution in [3.8, 4) is 11.5 Å². The Balaban J connectivity index is 1.54. The Labute approximate surface area is 174 Å². The Morgan fingerprint density at radius 3 is 2.61 bits per heavy atom. The number of hydrogen-bond donors (Lipinski definition) is 1. The molecule has 0 radical (unpaired) electrons. The van der Waals surface area contributed by atoms with E-state index in [-0.39, 0.29) is 18.0 Å². The Bertz CT molecular complexity index is 1220. The molecule has 31 heavy (non-hydrogen) atoms. The minimum absolute atomic E-state index is 0.0794.